The van der Waals surface area contributed by atoms with Gasteiger partial charge in [0.1, 0.15) is 0 Å². The Morgan fingerprint density at radius 1 is 1.33 bits per heavy atom. The lowest BCUT2D eigenvalue weighted by Gasteiger charge is -2.45. The third-order valence-electron chi connectivity index (χ3n) is 3.82. The van der Waals surface area contributed by atoms with Crippen molar-refractivity contribution in [1.29, 1.82) is 0 Å². The second-order valence-corrected chi connectivity index (χ2v) is 6.17. The molecule has 1 saturated carbocycles. The van der Waals surface area contributed by atoms with E-state index in [-0.39, 0.29) is 17.5 Å². The molecule has 0 saturated heterocycles. The zero-order chi connectivity index (χ0) is 14.0. The van der Waals surface area contributed by atoms with Gasteiger partial charge in [0.2, 0.25) is 0 Å². The van der Waals surface area contributed by atoms with Gasteiger partial charge in [-0.1, -0.05) is 20.8 Å². The molecule has 108 valence electrons. The van der Waals surface area contributed by atoms with Crippen molar-refractivity contribution in [2.45, 2.75) is 58.3 Å². The predicted octanol–water partition coefficient (Wildman–Crippen LogP) is 3.04. The standard InChI is InChI=1S/C13H25F3N2/c1-5-17-10-6-7-12(2,3)8-11(10)18(4)9-13(14,15)16/h10-11,17H,5-9H2,1-4H3. The minimum Gasteiger partial charge on any atom is -0.313 e. The summed E-state index contributed by atoms with van der Waals surface area (Å²) < 4.78 is 37.5. The van der Waals surface area contributed by atoms with Crippen LogP contribution in [0.3, 0.4) is 0 Å². The molecule has 0 radical (unpaired) electrons. The molecule has 0 spiro atoms. The Morgan fingerprint density at radius 2 is 1.94 bits per heavy atom. The normalized spacial score (nSPS) is 28.7. The molecule has 0 aromatic rings. The van der Waals surface area contributed by atoms with E-state index in [0.717, 1.165) is 25.8 Å². The minimum absolute atomic E-state index is 0.0321. The SMILES string of the molecule is CCNC1CCC(C)(C)CC1N(C)CC(F)(F)F. The van der Waals surface area contributed by atoms with Crippen LogP contribution < -0.4 is 5.32 Å². The van der Waals surface area contributed by atoms with Gasteiger partial charge in [0.05, 0.1) is 6.54 Å². The monoisotopic (exact) mass is 266 g/mol. The van der Waals surface area contributed by atoms with Crippen LogP contribution in [0.1, 0.15) is 40.0 Å². The molecule has 18 heavy (non-hydrogen) atoms. The van der Waals surface area contributed by atoms with Crippen LogP contribution in [-0.4, -0.2) is 43.3 Å². The van der Waals surface area contributed by atoms with E-state index in [2.05, 4.69) is 19.2 Å². The number of rotatable bonds is 4. The number of likely N-dealkylation sites (N-methyl/N-ethyl adjacent to an activating group) is 2. The number of halogens is 3. The van der Waals surface area contributed by atoms with Crippen LogP contribution in [0, 0.1) is 5.41 Å². The third kappa shape index (κ3) is 4.76. The van der Waals surface area contributed by atoms with Crippen LogP contribution in [0.25, 0.3) is 0 Å². The molecule has 0 aromatic heterocycles. The van der Waals surface area contributed by atoms with E-state index in [1.54, 1.807) is 7.05 Å². The molecule has 1 aliphatic carbocycles. The van der Waals surface area contributed by atoms with Gasteiger partial charge in [0, 0.05) is 12.1 Å². The first-order valence-electron chi connectivity index (χ1n) is 6.65. The Morgan fingerprint density at radius 3 is 2.44 bits per heavy atom. The van der Waals surface area contributed by atoms with E-state index in [4.69, 9.17) is 0 Å². The van der Waals surface area contributed by atoms with E-state index in [1.165, 1.54) is 4.90 Å². The molecule has 0 amide bonds. The summed E-state index contributed by atoms with van der Waals surface area (Å²) in [5.41, 5.74) is 0.135. The zero-order valence-electron chi connectivity index (χ0n) is 11.8. The fourth-order valence-corrected chi connectivity index (χ4v) is 2.91. The highest BCUT2D eigenvalue weighted by molar-refractivity contribution is 4.94. The van der Waals surface area contributed by atoms with Crippen LogP contribution in [0.2, 0.25) is 0 Å². The number of alkyl halides is 3. The molecular formula is C13H25F3N2. The lowest BCUT2D eigenvalue weighted by molar-refractivity contribution is -0.151. The van der Waals surface area contributed by atoms with Crippen molar-refractivity contribution in [3.8, 4) is 0 Å². The summed E-state index contributed by atoms with van der Waals surface area (Å²) in [6.07, 6.45) is -1.28. The van der Waals surface area contributed by atoms with Gasteiger partial charge < -0.3 is 5.32 Å². The minimum atomic E-state index is -4.12. The molecule has 0 bridgehead atoms. The highest BCUT2D eigenvalue weighted by Gasteiger charge is 2.40. The Labute approximate surface area is 108 Å². The first-order chi connectivity index (χ1) is 8.14. The quantitative estimate of drug-likeness (QED) is 0.841. The molecule has 0 aromatic carbocycles. The van der Waals surface area contributed by atoms with E-state index < -0.39 is 12.7 Å². The lowest BCUT2D eigenvalue weighted by atomic mass is 9.72. The van der Waals surface area contributed by atoms with Gasteiger partial charge in [0.15, 0.2) is 0 Å². The summed E-state index contributed by atoms with van der Waals surface area (Å²) in [5, 5.41) is 3.33. The van der Waals surface area contributed by atoms with E-state index in [9.17, 15) is 13.2 Å². The van der Waals surface area contributed by atoms with Crippen molar-refractivity contribution in [2.75, 3.05) is 20.1 Å². The van der Waals surface area contributed by atoms with Crippen LogP contribution in [-0.2, 0) is 0 Å². The number of nitrogens with one attached hydrogen (secondary N) is 1. The van der Waals surface area contributed by atoms with Crippen molar-refractivity contribution in [3.05, 3.63) is 0 Å². The maximum Gasteiger partial charge on any atom is 0.401 e. The second-order valence-electron chi connectivity index (χ2n) is 6.17. The molecule has 2 nitrogen and oxygen atoms in total. The summed E-state index contributed by atoms with van der Waals surface area (Å²) in [5.74, 6) is 0. The topological polar surface area (TPSA) is 15.3 Å². The fraction of sp³-hybridized carbons (Fsp3) is 1.00. The number of nitrogens with zero attached hydrogens (tertiary/aromatic N) is 1. The maximum absolute atomic E-state index is 12.5. The summed E-state index contributed by atoms with van der Waals surface area (Å²) >= 11 is 0. The van der Waals surface area contributed by atoms with E-state index in [0.29, 0.717) is 0 Å². The van der Waals surface area contributed by atoms with Crippen molar-refractivity contribution in [2.24, 2.45) is 5.41 Å². The smallest absolute Gasteiger partial charge is 0.313 e. The third-order valence-corrected chi connectivity index (χ3v) is 3.82. The van der Waals surface area contributed by atoms with Crippen LogP contribution in [0.15, 0.2) is 0 Å². The molecule has 2 unspecified atom stereocenters. The van der Waals surface area contributed by atoms with Crippen LogP contribution in [0.4, 0.5) is 13.2 Å². The van der Waals surface area contributed by atoms with Gasteiger partial charge in [-0.15, -0.1) is 0 Å². The number of hydrogen-bond donors (Lipinski definition) is 1. The molecule has 0 aliphatic heterocycles. The Hall–Kier alpha value is -0.290. The molecule has 5 heteroatoms. The van der Waals surface area contributed by atoms with Crippen molar-refractivity contribution in [3.63, 3.8) is 0 Å². The zero-order valence-corrected chi connectivity index (χ0v) is 11.8. The van der Waals surface area contributed by atoms with Gasteiger partial charge in [-0.25, -0.2) is 0 Å². The van der Waals surface area contributed by atoms with Crippen molar-refractivity contribution >= 4 is 0 Å². The summed E-state index contributed by atoms with van der Waals surface area (Å²) in [7, 11) is 1.59. The summed E-state index contributed by atoms with van der Waals surface area (Å²) in [4.78, 5) is 1.47. The Kier molecular flexibility index (Phi) is 5.06. The van der Waals surface area contributed by atoms with Crippen molar-refractivity contribution < 1.29 is 13.2 Å². The molecule has 2 atom stereocenters. The summed E-state index contributed by atoms with van der Waals surface area (Å²) in [6, 6.07) is 0.144. The van der Waals surface area contributed by atoms with Gasteiger partial charge >= 0.3 is 6.18 Å². The van der Waals surface area contributed by atoms with Crippen LogP contribution in [0.5, 0.6) is 0 Å². The van der Waals surface area contributed by atoms with Gasteiger partial charge in [0.25, 0.3) is 0 Å². The second kappa shape index (κ2) is 5.78. The maximum atomic E-state index is 12.5. The highest BCUT2D eigenvalue weighted by Crippen LogP contribution is 2.37. The Bertz CT molecular complexity index is 263. The van der Waals surface area contributed by atoms with Crippen molar-refractivity contribution in [1.82, 2.24) is 10.2 Å². The largest absolute Gasteiger partial charge is 0.401 e. The molecule has 1 fully saturated rings. The highest BCUT2D eigenvalue weighted by atomic mass is 19.4. The van der Waals surface area contributed by atoms with Crippen LogP contribution >= 0.6 is 0 Å². The molecular weight excluding hydrogens is 241 g/mol. The fourth-order valence-electron chi connectivity index (χ4n) is 2.91. The average Bonchev–Trinajstić information content (AvgIpc) is 2.18. The molecule has 0 heterocycles. The first-order valence-corrected chi connectivity index (χ1v) is 6.65. The van der Waals surface area contributed by atoms with Gasteiger partial charge in [-0.05, 0) is 38.3 Å². The first kappa shape index (κ1) is 15.8. The number of hydrogen-bond acceptors (Lipinski definition) is 2. The predicted molar refractivity (Wildman–Crippen MR) is 67.6 cm³/mol. The average molecular weight is 266 g/mol. The Balaban J connectivity index is 2.71. The van der Waals surface area contributed by atoms with E-state index in [1.807, 2.05) is 6.92 Å². The molecule has 1 N–H and O–H groups in total. The molecule has 1 rings (SSSR count). The summed E-state index contributed by atoms with van der Waals surface area (Å²) in [6.45, 7) is 6.27. The molecule has 1 aliphatic rings. The van der Waals surface area contributed by atoms with Gasteiger partial charge in [-0.2, -0.15) is 13.2 Å². The van der Waals surface area contributed by atoms with E-state index >= 15 is 0 Å². The van der Waals surface area contributed by atoms with Gasteiger partial charge in [-0.3, -0.25) is 4.90 Å². The lowest BCUT2D eigenvalue weighted by Crippen LogP contribution is -2.55.